The summed E-state index contributed by atoms with van der Waals surface area (Å²) in [6, 6.07) is 0. The van der Waals surface area contributed by atoms with Crippen LogP contribution in [0.15, 0.2) is 0 Å². The van der Waals surface area contributed by atoms with E-state index in [1.165, 1.54) is 0 Å². The maximum atomic E-state index is 11.5. The zero-order valence-electron chi connectivity index (χ0n) is 10.1. The van der Waals surface area contributed by atoms with Gasteiger partial charge in [0.2, 0.25) is 0 Å². The molecule has 8 nitrogen and oxygen atoms in total. The van der Waals surface area contributed by atoms with Crippen molar-refractivity contribution in [1.29, 1.82) is 0 Å². The van der Waals surface area contributed by atoms with Crippen LogP contribution in [-0.4, -0.2) is 48.1 Å². The van der Waals surface area contributed by atoms with Crippen molar-refractivity contribution in [2.24, 2.45) is 0 Å². The smallest absolute Gasteiger partial charge is 0.429 e. The molecular weight excluding hydrogens is 258 g/mol. The number of amides is 2. The second-order valence-electron chi connectivity index (χ2n) is 4.66. The van der Waals surface area contributed by atoms with E-state index in [0.29, 0.717) is 17.9 Å². The van der Waals surface area contributed by atoms with Gasteiger partial charge in [-0.1, -0.05) is 5.06 Å². The molecular formula is C11H13NO7. The van der Waals surface area contributed by atoms with Gasteiger partial charge in [-0.3, -0.25) is 14.4 Å². The first kappa shape index (κ1) is 12.4. The van der Waals surface area contributed by atoms with E-state index in [-0.39, 0.29) is 37.9 Å². The Morgan fingerprint density at radius 3 is 2.26 bits per heavy atom. The quantitative estimate of drug-likeness (QED) is 0.519. The van der Waals surface area contributed by atoms with Gasteiger partial charge in [0.1, 0.15) is 12.9 Å². The monoisotopic (exact) mass is 271 g/mol. The third-order valence-corrected chi connectivity index (χ3v) is 3.40. The number of hydroxylamine groups is 2. The van der Waals surface area contributed by atoms with Crippen LogP contribution >= 0.6 is 0 Å². The topological polar surface area (TPSA) is 91.4 Å². The SMILES string of the molecule is O=C(OC1CC2OCO[C@@H]2C1)ON1C(=O)CCC1=O. The maximum Gasteiger partial charge on any atom is 0.534 e. The van der Waals surface area contributed by atoms with Crippen molar-refractivity contribution in [2.45, 2.75) is 44.0 Å². The van der Waals surface area contributed by atoms with Crippen molar-refractivity contribution >= 4 is 18.0 Å². The van der Waals surface area contributed by atoms with Gasteiger partial charge in [0, 0.05) is 25.7 Å². The summed E-state index contributed by atoms with van der Waals surface area (Å²) in [6.45, 7) is 0.267. The van der Waals surface area contributed by atoms with Crippen LogP contribution < -0.4 is 0 Å². The number of nitrogens with zero attached hydrogens (tertiary/aromatic N) is 1. The van der Waals surface area contributed by atoms with Gasteiger partial charge in [-0.25, -0.2) is 4.79 Å². The predicted molar refractivity (Wildman–Crippen MR) is 56.3 cm³/mol. The molecule has 0 spiro atoms. The fraction of sp³-hybridized carbons (Fsp3) is 0.727. The van der Waals surface area contributed by atoms with E-state index < -0.39 is 18.0 Å². The number of carbonyl (C=O) groups is 3. The lowest BCUT2D eigenvalue weighted by molar-refractivity contribution is -0.178. The van der Waals surface area contributed by atoms with E-state index >= 15 is 0 Å². The molecule has 3 rings (SSSR count). The van der Waals surface area contributed by atoms with Gasteiger partial charge in [-0.15, -0.1) is 0 Å². The first-order valence-electron chi connectivity index (χ1n) is 6.11. The predicted octanol–water partition coefficient (Wildman–Crippen LogP) is 0.107. The molecule has 0 bridgehead atoms. The van der Waals surface area contributed by atoms with Crippen molar-refractivity contribution in [3.05, 3.63) is 0 Å². The molecule has 0 radical (unpaired) electrons. The van der Waals surface area contributed by atoms with E-state index in [0.717, 1.165) is 0 Å². The van der Waals surface area contributed by atoms with Crippen molar-refractivity contribution in [1.82, 2.24) is 5.06 Å². The number of imide groups is 1. The summed E-state index contributed by atoms with van der Waals surface area (Å²) >= 11 is 0. The fourth-order valence-corrected chi connectivity index (χ4v) is 2.47. The van der Waals surface area contributed by atoms with Crippen LogP contribution in [0.1, 0.15) is 25.7 Å². The summed E-state index contributed by atoms with van der Waals surface area (Å²) in [4.78, 5) is 38.6. The third-order valence-electron chi connectivity index (χ3n) is 3.40. The third kappa shape index (κ3) is 2.41. The largest absolute Gasteiger partial charge is 0.534 e. The van der Waals surface area contributed by atoms with E-state index in [1.807, 2.05) is 0 Å². The molecule has 2 unspecified atom stereocenters. The number of hydrogen-bond donors (Lipinski definition) is 0. The van der Waals surface area contributed by atoms with Crippen molar-refractivity contribution in [3.8, 4) is 0 Å². The fourth-order valence-electron chi connectivity index (χ4n) is 2.47. The summed E-state index contributed by atoms with van der Waals surface area (Å²) in [5, 5.41) is 0.463. The van der Waals surface area contributed by atoms with Gasteiger partial charge < -0.3 is 14.2 Å². The first-order valence-corrected chi connectivity index (χ1v) is 6.11. The Morgan fingerprint density at radius 2 is 1.68 bits per heavy atom. The lowest BCUT2D eigenvalue weighted by atomic mass is 10.3. The lowest BCUT2D eigenvalue weighted by Crippen LogP contribution is -2.33. The van der Waals surface area contributed by atoms with Crippen molar-refractivity contribution < 1.29 is 33.4 Å². The van der Waals surface area contributed by atoms with Crippen LogP contribution in [0, 0.1) is 0 Å². The molecule has 0 N–H and O–H groups in total. The van der Waals surface area contributed by atoms with Gasteiger partial charge in [0.05, 0.1) is 12.2 Å². The summed E-state index contributed by atoms with van der Waals surface area (Å²) in [5.41, 5.74) is 0. The standard InChI is InChI=1S/C11H13NO7/c13-9-1-2-10(14)12(9)19-11(15)18-6-3-7-8(4-6)17-5-16-7/h6-8H,1-5H2/t6?,7-,8?/m1/s1. The molecule has 0 aromatic carbocycles. The number of carbonyl (C=O) groups excluding carboxylic acids is 3. The van der Waals surface area contributed by atoms with Crippen LogP contribution in [0.3, 0.4) is 0 Å². The molecule has 104 valence electrons. The molecule has 1 saturated carbocycles. The van der Waals surface area contributed by atoms with E-state index in [9.17, 15) is 14.4 Å². The van der Waals surface area contributed by atoms with Gasteiger partial charge in [0.15, 0.2) is 0 Å². The van der Waals surface area contributed by atoms with Crippen LogP contribution in [0.25, 0.3) is 0 Å². The first-order chi connectivity index (χ1) is 9.13. The zero-order valence-corrected chi connectivity index (χ0v) is 10.1. The highest BCUT2D eigenvalue weighted by molar-refractivity contribution is 6.01. The Kier molecular flexibility index (Phi) is 3.11. The Labute approximate surface area is 108 Å². The van der Waals surface area contributed by atoms with E-state index in [1.54, 1.807) is 0 Å². The average Bonchev–Trinajstić information content (AvgIpc) is 2.99. The number of fused-ring (bicyclic) bond motifs is 1. The summed E-state index contributed by atoms with van der Waals surface area (Å²) in [5.74, 6) is -1.06. The summed E-state index contributed by atoms with van der Waals surface area (Å²) < 4.78 is 15.6. The maximum absolute atomic E-state index is 11.5. The highest BCUT2D eigenvalue weighted by atomic mass is 16.8. The Hall–Kier alpha value is -1.67. The molecule has 2 heterocycles. The highest BCUT2D eigenvalue weighted by Crippen LogP contribution is 2.32. The van der Waals surface area contributed by atoms with Gasteiger partial charge >= 0.3 is 6.16 Å². The van der Waals surface area contributed by atoms with Crippen LogP contribution in [-0.2, 0) is 28.6 Å². The number of rotatable bonds is 2. The minimum Gasteiger partial charge on any atom is -0.429 e. The molecule has 2 saturated heterocycles. The Balaban J connectivity index is 1.49. The molecule has 0 aromatic heterocycles. The molecule has 19 heavy (non-hydrogen) atoms. The molecule has 3 aliphatic rings. The number of hydrogen-bond acceptors (Lipinski definition) is 7. The van der Waals surface area contributed by atoms with Gasteiger partial charge in [-0.05, 0) is 0 Å². The second kappa shape index (κ2) is 4.78. The molecule has 2 amide bonds. The average molecular weight is 271 g/mol. The van der Waals surface area contributed by atoms with Crippen LogP contribution in [0.2, 0.25) is 0 Å². The molecule has 0 aromatic rings. The Morgan fingerprint density at radius 1 is 1.11 bits per heavy atom. The van der Waals surface area contributed by atoms with Gasteiger partial charge in [-0.2, -0.15) is 0 Å². The second-order valence-corrected chi connectivity index (χ2v) is 4.66. The van der Waals surface area contributed by atoms with Crippen molar-refractivity contribution in [3.63, 3.8) is 0 Å². The highest BCUT2D eigenvalue weighted by Gasteiger charge is 2.42. The normalized spacial score (nSPS) is 33.7. The lowest BCUT2D eigenvalue weighted by Gasteiger charge is -2.15. The minimum absolute atomic E-state index is 0.0569. The zero-order chi connectivity index (χ0) is 13.4. The summed E-state index contributed by atoms with van der Waals surface area (Å²) in [7, 11) is 0. The summed E-state index contributed by atoms with van der Waals surface area (Å²) in [6.07, 6.45) is -0.378. The van der Waals surface area contributed by atoms with Crippen LogP contribution in [0.4, 0.5) is 4.79 Å². The van der Waals surface area contributed by atoms with Crippen LogP contribution in [0.5, 0.6) is 0 Å². The van der Waals surface area contributed by atoms with E-state index in [2.05, 4.69) is 4.84 Å². The molecule has 1 aliphatic carbocycles. The Bertz CT molecular complexity index is 395. The molecule has 8 heteroatoms. The molecule has 3 atom stereocenters. The van der Waals surface area contributed by atoms with Gasteiger partial charge in [0.25, 0.3) is 11.8 Å². The molecule has 3 fully saturated rings. The van der Waals surface area contributed by atoms with E-state index in [4.69, 9.17) is 14.2 Å². The number of ether oxygens (including phenoxy) is 3. The molecule has 2 aliphatic heterocycles. The van der Waals surface area contributed by atoms with Crippen molar-refractivity contribution in [2.75, 3.05) is 6.79 Å². The minimum atomic E-state index is -1.05.